The van der Waals surface area contributed by atoms with Crippen molar-refractivity contribution >= 4 is 12.0 Å². The highest BCUT2D eigenvalue weighted by molar-refractivity contribution is 5.82. The largest absolute Gasteiger partial charge is 0.339 e. The Balaban J connectivity index is 1.68. The van der Waals surface area contributed by atoms with Crippen LogP contribution in [0.4, 0.5) is 5.69 Å². The van der Waals surface area contributed by atoms with Crippen molar-refractivity contribution in [1.82, 2.24) is 4.90 Å². The summed E-state index contributed by atoms with van der Waals surface area (Å²) in [6.45, 7) is 21.2. The van der Waals surface area contributed by atoms with E-state index in [1.54, 1.807) is 0 Å². The third kappa shape index (κ3) is 2.80. The molecule has 0 unspecified atom stereocenters. The standard InChI is InChI=1S/C29H38N2/c1-19-25(28(6,7)29(8,9)27(19,4)5)31(10)18-30-20-15-16-22-21-13-11-12-14-23(21)26(2,3)24(22)17-20/h11-18H,1-10H3/b30-18+. The first-order chi connectivity index (χ1) is 14.2. The lowest BCUT2D eigenvalue weighted by atomic mass is 9.58. The van der Waals surface area contributed by atoms with Crippen molar-refractivity contribution in [3.05, 3.63) is 64.9 Å². The lowest BCUT2D eigenvalue weighted by molar-refractivity contribution is 0.0546. The molecule has 0 amide bonds. The van der Waals surface area contributed by atoms with Crippen molar-refractivity contribution in [2.75, 3.05) is 7.05 Å². The van der Waals surface area contributed by atoms with Crippen LogP contribution in [0.1, 0.15) is 73.4 Å². The lowest BCUT2D eigenvalue weighted by Crippen LogP contribution is -2.41. The van der Waals surface area contributed by atoms with E-state index in [0.717, 1.165) is 5.69 Å². The molecule has 164 valence electrons. The molecule has 2 aromatic carbocycles. The summed E-state index contributed by atoms with van der Waals surface area (Å²) in [6.07, 6.45) is 2.01. The molecule has 0 N–H and O–H groups in total. The maximum absolute atomic E-state index is 4.92. The first-order valence-electron chi connectivity index (χ1n) is 11.5. The number of nitrogens with zero attached hydrogens (tertiary/aromatic N) is 2. The van der Waals surface area contributed by atoms with E-state index in [0.29, 0.717) is 0 Å². The monoisotopic (exact) mass is 414 g/mol. The summed E-state index contributed by atoms with van der Waals surface area (Å²) in [7, 11) is 2.15. The quantitative estimate of drug-likeness (QED) is 0.367. The van der Waals surface area contributed by atoms with Gasteiger partial charge >= 0.3 is 0 Å². The molecule has 0 bridgehead atoms. The van der Waals surface area contributed by atoms with Crippen molar-refractivity contribution in [2.45, 2.75) is 67.7 Å². The van der Waals surface area contributed by atoms with Gasteiger partial charge in [0.05, 0.1) is 12.0 Å². The fourth-order valence-corrected chi connectivity index (χ4v) is 6.00. The van der Waals surface area contributed by atoms with Gasteiger partial charge in [-0.05, 0) is 57.7 Å². The van der Waals surface area contributed by atoms with Crippen LogP contribution in [0.3, 0.4) is 0 Å². The van der Waals surface area contributed by atoms with Gasteiger partial charge in [0, 0.05) is 23.6 Å². The van der Waals surface area contributed by atoms with Crippen LogP contribution >= 0.6 is 0 Å². The molecular formula is C29H38N2. The molecule has 0 heterocycles. The van der Waals surface area contributed by atoms with E-state index in [-0.39, 0.29) is 21.7 Å². The van der Waals surface area contributed by atoms with Gasteiger partial charge in [0.25, 0.3) is 0 Å². The molecule has 0 aromatic heterocycles. The highest BCUT2D eigenvalue weighted by atomic mass is 15.2. The molecule has 0 radical (unpaired) electrons. The summed E-state index contributed by atoms with van der Waals surface area (Å²) in [5, 5.41) is 0. The average molecular weight is 415 g/mol. The topological polar surface area (TPSA) is 15.6 Å². The van der Waals surface area contributed by atoms with Crippen LogP contribution in [0.25, 0.3) is 11.1 Å². The Labute approximate surface area is 189 Å². The minimum Gasteiger partial charge on any atom is -0.339 e. The zero-order chi connectivity index (χ0) is 23.0. The Morgan fingerprint density at radius 1 is 0.774 bits per heavy atom. The summed E-state index contributed by atoms with van der Waals surface area (Å²) in [6, 6.07) is 15.4. The second-order valence-corrected chi connectivity index (χ2v) is 11.6. The zero-order valence-electron chi connectivity index (χ0n) is 21.0. The van der Waals surface area contributed by atoms with Crippen LogP contribution in [0.15, 0.2) is 58.7 Å². The third-order valence-electron chi connectivity index (χ3n) is 9.31. The molecule has 0 aliphatic heterocycles. The van der Waals surface area contributed by atoms with Gasteiger partial charge in [-0.1, -0.05) is 85.7 Å². The van der Waals surface area contributed by atoms with Crippen LogP contribution in [0, 0.1) is 16.2 Å². The summed E-state index contributed by atoms with van der Waals surface area (Å²) in [5.41, 5.74) is 9.68. The summed E-state index contributed by atoms with van der Waals surface area (Å²) >= 11 is 0. The molecule has 2 aromatic rings. The molecule has 0 saturated carbocycles. The van der Waals surface area contributed by atoms with Crippen molar-refractivity contribution < 1.29 is 0 Å². The Kier molecular flexibility index (Phi) is 4.64. The molecule has 31 heavy (non-hydrogen) atoms. The van der Waals surface area contributed by atoms with E-state index in [9.17, 15) is 0 Å². The first kappa shape index (κ1) is 21.9. The van der Waals surface area contributed by atoms with Gasteiger partial charge in [-0.15, -0.1) is 0 Å². The summed E-state index contributed by atoms with van der Waals surface area (Å²) in [5.74, 6) is 0. The van der Waals surface area contributed by atoms with E-state index >= 15 is 0 Å². The number of benzene rings is 2. The van der Waals surface area contributed by atoms with E-state index in [2.05, 4.69) is 117 Å². The maximum atomic E-state index is 4.92. The van der Waals surface area contributed by atoms with Gasteiger partial charge in [0.2, 0.25) is 0 Å². The van der Waals surface area contributed by atoms with Gasteiger partial charge in [-0.2, -0.15) is 0 Å². The van der Waals surface area contributed by atoms with Crippen LogP contribution in [0.5, 0.6) is 0 Å². The number of allylic oxidation sites excluding steroid dienone is 2. The number of hydrogen-bond donors (Lipinski definition) is 0. The van der Waals surface area contributed by atoms with Crippen molar-refractivity contribution in [3.8, 4) is 11.1 Å². The van der Waals surface area contributed by atoms with Gasteiger partial charge < -0.3 is 4.90 Å². The zero-order valence-corrected chi connectivity index (χ0v) is 21.0. The minimum atomic E-state index is 0.00393. The highest BCUT2D eigenvalue weighted by Gasteiger charge is 2.57. The third-order valence-corrected chi connectivity index (χ3v) is 9.31. The Morgan fingerprint density at radius 3 is 2.00 bits per heavy atom. The molecule has 2 aliphatic carbocycles. The number of fused-ring (bicyclic) bond motifs is 3. The summed E-state index contributed by atoms with van der Waals surface area (Å²) in [4.78, 5) is 7.17. The van der Waals surface area contributed by atoms with Crippen LogP contribution in [0.2, 0.25) is 0 Å². The van der Waals surface area contributed by atoms with Crippen LogP contribution in [-0.2, 0) is 5.41 Å². The maximum Gasteiger partial charge on any atom is 0.0951 e. The second kappa shape index (κ2) is 6.58. The molecular weight excluding hydrogens is 376 g/mol. The van der Waals surface area contributed by atoms with Gasteiger partial charge in [0.1, 0.15) is 0 Å². The fourth-order valence-electron chi connectivity index (χ4n) is 6.00. The van der Waals surface area contributed by atoms with E-state index in [1.165, 1.54) is 33.5 Å². The number of hydrogen-bond acceptors (Lipinski definition) is 1. The predicted octanol–water partition coefficient (Wildman–Crippen LogP) is 7.95. The van der Waals surface area contributed by atoms with E-state index in [4.69, 9.17) is 4.99 Å². The number of aliphatic imine (C=N–C) groups is 1. The van der Waals surface area contributed by atoms with E-state index in [1.807, 2.05) is 6.34 Å². The molecule has 2 nitrogen and oxygen atoms in total. The Bertz CT molecular complexity index is 1110. The van der Waals surface area contributed by atoms with Crippen molar-refractivity contribution in [3.63, 3.8) is 0 Å². The second-order valence-electron chi connectivity index (χ2n) is 11.6. The van der Waals surface area contributed by atoms with Gasteiger partial charge in [-0.25, -0.2) is 4.99 Å². The SMILES string of the molecule is CC1=C(N(C)/C=N/c2ccc3c(c2)C(C)(C)c2ccccc2-3)C(C)(C)C(C)(C)C1(C)C. The minimum absolute atomic E-state index is 0.00393. The van der Waals surface area contributed by atoms with Crippen molar-refractivity contribution in [2.24, 2.45) is 21.2 Å². The van der Waals surface area contributed by atoms with Crippen LogP contribution < -0.4 is 0 Å². The smallest absolute Gasteiger partial charge is 0.0951 e. The molecule has 0 fully saturated rings. The lowest BCUT2D eigenvalue weighted by Gasteiger charge is -2.46. The molecule has 2 aliphatic rings. The Hall–Kier alpha value is -2.35. The molecule has 0 saturated heterocycles. The fraction of sp³-hybridized carbons (Fsp3) is 0.483. The highest BCUT2D eigenvalue weighted by Crippen LogP contribution is 2.65. The normalized spacial score (nSPS) is 22.0. The first-order valence-corrected chi connectivity index (χ1v) is 11.5. The molecule has 4 rings (SSSR count). The van der Waals surface area contributed by atoms with Gasteiger partial charge in [-0.3, -0.25) is 0 Å². The van der Waals surface area contributed by atoms with Crippen molar-refractivity contribution in [1.29, 1.82) is 0 Å². The number of rotatable bonds is 3. The molecule has 0 spiro atoms. The van der Waals surface area contributed by atoms with Crippen LogP contribution in [-0.4, -0.2) is 18.3 Å². The Morgan fingerprint density at radius 2 is 1.39 bits per heavy atom. The average Bonchev–Trinajstić information content (AvgIpc) is 2.97. The predicted molar refractivity (Wildman–Crippen MR) is 134 cm³/mol. The van der Waals surface area contributed by atoms with E-state index < -0.39 is 0 Å². The molecule has 0 atom stereocenters. The molecule has 2 heteroatoms. The van der Waals surface area contributed by atoms with Gasteiger partial charge in [0.15, 0.2) is 0 Å². The summed E-state index contributed by atoms with van der Waals surface area (Å²) < 4.78 is 0.